The average Bonchev–Trinajstić information content (AvgIpc) is 3.21. The van der Waals surface area contributed by atoms with Crippen molar-refractivity contribution in [1.29, 1.82) is 0 Å². The van der Waals surface area contributed by atoms with Crippen molar-refractivity contribution in [3.05, 3.63) is 40.5 Å². The van der Waals surface area contributed by atoms with Crippen LogP contribution in [0.15, 0.2) is 24.4 Å². The number of rotatable bonds is 5. The number of aromatic amines is 1. The highest BCUT2D eigenvalue weighted by Crippen LogP contribution is 2.39. The van der Waals surface area contributed by atoms with Crippen molar-refractivity contribution in [3.63, 3.8) is 0 Å². The predicted octanol–water partition coefficient (Wildman–Crippen LogP) is 3.56. The lowest BCUT2D eigenvalue weighted by atomic mass is 10.3. The third kappa shape index (κ3) is 3.17. The molecule has 3 heterocycles. The summed E-state index contributed by atoms with van der Waals surface area (Å²) in [4.78, 5) is 21.7. The number of anilines is 2. The molecular formula is C18H17N5O2S. The molecule has 132 valence electrons. The first-order valence-electron chi connectivity index (χ1n) is 8.02. The number of carbonyl (C=O) groups excluding carboxylic acids is 1. The number of aromatic nitrogens is 4. The molecule has 0 bridgehead atoms. The van der Waals surface area contributed by atoms with Gasteiger partial charge in [-0.05, 0) is 25.0 Å². The minimum atomic E-state index is -0.385. The van der Waals surface area contributed by atoms with Crippen LogP contribution < -0.4 is 5.32 Å². The van der Waals surface area contributed by atoms with Crippen molar-refractivity contribution in [3.8, 4) is 23.0 Å². The van der Waals surface area contributed by atoms with E-state index in [2.05, 4.69) is 31.4 Å². The number of nitrogens with zero attached hydrogens (tertiary/aromatic N) is 3. The molecule has 0 aromatic carbocycles. The lowest BCUT2D eigenvalue weighted by Crippen LogP contribution is -2.00. The Hall–Kier alpha value is -3.18. The second-order valence-electron chi connectivity index (χ2n) is 5.86. The van der Waals surface area contributed by atoms with Crippen LogP contribution in [0.5, 0.6) is 0 Å². The van der Waals surface area contributed by atoms with E-state index in [4.69, 9.17) is 11.2 Å². The highest BCUT2D eigenvalue weighted by atomic mass is 32.1. The van der Waals surface area contributed by atoms with Gasteiger partial charge in [-0.1, -0.05) is 5.92 Å². The first kappa shape index (κ1) is 16.3. The maximum atomic E-state index is 11.6. The maximum Gasteiger partial charge on any atom is 0.348 e. The molecule has 0 aliphatic heterocycles. The van der Waals surface area contributed by atoms with Gasteiger partial charge in [-0.25, -0.2) is 14.8 Å². The summed E-state index contributed by atoms with van der Waals surface area (Å²) in [6.07, 6.45) is 9.52. The topological polar surface area (TPSA) is 92.8 Å². The normalized spacial score (nSPS) is 13.2. The van der Waals surface area contributed by atoms with Crippen LogP contribution in [-0.2, 0) is 4.74 Å². The van der Waals surface area contributed by atoms with E-state index in [0.29, 0.717) is 33.8 Å². The van der Waals surface area contributed by atoms with Gasteiger partial charge in [-0.2, -0.15) is 5.10 Å². The van der Waals surface area contributed by atoms with Gasteiger partial charge in [0, 0.05) is 25.3 Å². The summed E-state index contributed by atoms with van der Waals surface area (Å²) >= 11 is 1.26. The number of ether oxygens (including phenoxy) is 1. The predicted molar refractivity (Wildman–Crippen MR) is 101 cm³/mol. The fourth-order valence-corrected chi connectivity index (χ4v) is 3.36. The summed E-state index contributed by atoms with van der Waals surface area (Å²) < 4.78 is 4.73. The van der Waals surface area contributed by atoms with Crippen molar-refractivity contribution in [2.24, 2.45) is 0 Å². The minimum Gasteiger partial charge on any atom is -0.465 e. The number of esters is 1. The SMILES string of the molecule is C#Cc1cnc(-c2ccc(C(=O)OC)s2)nc1Nc1cc(C2CC2)[nH]n1.[HH]. The Labute approximate surface area is 155 Å². The smallest absolute Gasteiger partial charge is 0.348 e. The van der Waals surface area contributed by atoms with Crippen molar-refractivity contribution in [2.75, 3.05) is 12.4 Å². The summed E-state index contributed by atoms with van der Waals surface area (Å²) in [5.41, 5.74) is 1.65. The third-order valence-electron chi connectivity index (χ3n) is 4.02. The van der Waals surface area contributed by atoms with E-state index in [0.717, 1.165) is 10.6 Å². The molecule has 0 atom stereocenters. The second kappa shape index (κ2) is 6.61. The molecular weight excluding hydrogens is 350 g/mol. The van der Waals surface area contributed by atoms with Crippen molar-refractivity contribution >= 4 is 28.9 Å². The van der Waals surface area contributed by atoms with Crippen LogP contribution in [-0.4, -0.2) is 33.2 Å². The monoisotopic (exact) mass is 367 g/mol. The van der Waals surface area contributed by atoms with E-state index in [1.807, 2.05) is 6.07 Å². The number of nitrogens with one attached hydrogen (secondary N) is 2. The van der Waals surface area contributed by atoms with Gasteiger partial charge in [0.25, 0.3) is 0 Å². The number of methoxy groups -OCH3 is 1. The minimum absolute atomic E-state index is 0. The molecule has 1 saturated carbocycles. The molecule has 26 heavy (non-hydrogen) atoms. The van der Waals surface area contributed by atoms with E-state index in [1.165, 1.54) is 31.3 Å². The quantitative estimate of drug-likeness (QED) is 0.529. The zero-order chi connectivity index (χ0) is 18.1. The summed E-state index contributed by atoms with van der Waals surface area (Å²) in [5.74, 6) is 4.40. The summed E-state index contributed by atoms with van der Waals surface area (Å²) in [5, 5.41) is 10.5. The molecule has 2 N–H and O–H groups in total. The van der Waals surface area contributed by atoms with Crippen LogP contribution in [0.25, 0.3) is 10.7 Å². The molecule has 0 spiro atoms. The third-order valence-corrected chi connectivity index (χ3v) is 5.08. The van der Waals surface area contributed by atoms with Gasteiger partial charge in [0.2, 0.25) is 0 Å². The lowest BCUT2D eigenvalue weighted by molar-refractivity contribution is 0.0606. The number of H-pyrrole nitrogens is 1. The molecule has 8 heteroatoms. The highest BCUT2D eigenvalue weighted by molar-refractivity contribution is 7.17. The standard InChI is InChI=1S/C18H15N5O2S.H2/c1-3-10-9-19-17(13-6-7-14(26-13)18(24)25-2)21-16(10)20-15-8-12(22-23-15)11-4-5-11;/h1,6-9,11H,4-5H2,2H3,(H2,19,20,21,22,23);1H. The molecule has 0 amide bonds. The Morgan fingerprint density at radius 2 is 2.35 bits per heavy atom. The number of thiophene rings is 1. The first-order chi connectivity index (χ1) is 12.7. The Morgan fingerprint density at radius 1 is 1.50 bits per heavy atom. The zero-order valence-electron chi connectivity index (χ0n) is 13.9. The van der Waals surface area contributed by atoms with Gasteiger partial charge in [0.1, 0.15) is 4.88 Å². The van der Waals surface area contributed by atoms with Gasteiger partial charge in [0.15, 0.2) is 17.5 Å². The van der Waals surface area contributed by atoms with E-state index in [1.54, 1.807) is 18.3 Å². The van der Waals surface area contributed by atoms with Crippen molar-refractivity contribution in [2.45, 2.75) is 18.8 Å². The number of terminal acetylenes is 1. The van der Waals surface area contributed by atoms with Crippen LogP contribution >= 0.6 is 11.3 Å². The van der Waals surface area contributed by atoms with E-state index < -0.39 is 0 Å². The Kier molecular flexibility index (Phi) is 4.14. The zero-order valence-corrected chi connectivity index (χ0v) is 14.8. The first-order valence-corrected chi connectivity index (χ1v) is 8.84. The van der Waals surface area contributed by atoms with Crippen LogP contribution in [0.1, 0.15) is 41.1 Å². The maximum absolute atomic E-state index is 11.6. The molecule has 0 unspecified atom stereocenters. The van der Waals surface area contributed by atoms with Gasteiger partial charge in [0.05, 0.1) is 17.6 Å². The Balaban J connectivity index is 0.00000210. The Bertz CT molecular complexity index is 1020. The molecule has 1 fully saturated rings. The fraction of sp³-hybridized carbons (Fsp3) is 0.222. The van der Waals surface area contributed by atoms with Crippen molar-refractivity contribution < 1.29 is 11.0 Å². The second-order valence-corrected chi connectivity index (χ2v) is 6.95. The van der Waals surface area contributed by atoms with E-state index in [9.17, 15) is 4.79 Å². The molecule has 1 aliphatic carbocycles. The average molecular weight is 367 g/mol. The van der Waals surface area contributed by atoms with E-state index in [-0.39, 0.29) is 7.40 Å². The van der Waals surface area contributed by atoms with Crippen LogP contribution in [0.3, 0.4) is 0 Å². The van der Waals surface area contributed by atoms with Crippen LogP contribution in [0.2, 0.25) is 0 Å². The molecule has 0 radical (unpaired) electrons. The molecule has 3 aromatic rings. The van der Waals surface area contributed by atoms with Crippen LogP contribution in [0, 0.1) is 12.3 Å². The number of hydrogen-bond acceptors (Lipinski definition) is 7. The number of hydrogen-bond donors (Lipinski definition) is 2. The molecule has 7 nitrogen and oxygen atoms in total. The van der Waals surface area contributed by atoms with Crippen molar-refractivity contribution in [1.82, 2.24) is 20.2 Å². The van der Waals surface area contributed by atoms with Gasteiger partial charge in [-0.15, -0.1) is 17.8 Å². The summed E-state index contributed by atoms with van der Waals surface area (Å²) in [6, 6.07) is 5.44. The summed E-state index contributed by atoms with van der Waals surface area (Å²) in [7, 11) is 1.35. The Morgan fingerprint density at radius 3 is 3.08 bits per heavy atom. The largest absolute Gasteiger partial charge is 0.465 e. The molecule has 1 aliphatic rings. The fourth-order valence-electron chi connectivity index (χ4n) is 2.50. The molecule has 4 rings (SSSR count). The molecule has 3 aromatic heterocycles. The van der Waals surface area contributed by atoms with Gasteiger partial charge < -0.3 is 10.1 Å². The van der Waals surface area contributed by atoms with Gasteiger partial charge in [-0.3, -0.25) is 5.10 Å². The molecule has 0 saturated heterocycles. The van der Waals surface area contributed by atoms with Crippen LogP contribution in [0.4, 0.5) is 11.6 Å². The highest BCUT2D eigenvalue weighted by Gasteiger charge is 2.25. The van der Waals surface area contributed by atoms with Gasteiger partial charge >= 0.3 is 5.97 Å². The van der Waals surface area contributed by atoms with E-state index >= 15 is 0 Å². The number of carbonyl (C=O) groups is 1. The lowest BCUT2D eigenvalue weighted by Gasteiger charge is -2.06. The summed E-state index contributed by atoms with van der Waals surface area (Å²) in [6.45, 7) is 0.